The SMILES string of the molecule is c1cc2c(c(Cc3ccc4c(c3)CCC4)c1)NCCC2. The highest BCUT2D eigenvalue weighted by Gasteiger charge is 2.14. The van der Waals surface area contributed by atoms with Gasteiger partial charge in [-0.2, -0.15) is 0 Å². The van der Waals surface area contributed by atoms with Crippen LogP contribution in [-0.2, 0) is 25.7 Å². The molecule has 102 valence electrons. The smallest absolute Gasteiger partial charge is 0.0408 e. The Kier molecular flexibility index (Phi) is 2.99. The highest BCUT2D eigenvalue weighted by Crippen LogP contribution is 2.29. The number of benzene rings is 2. The third-order valence-electron chi connectivity index (χ3n) is 4.72. The second-order valence-electron chi connectivity index (χ2n) is 6.11. The molecule has 0 atom stereocenters. The summed E-state index contributed by atoms with van der Waals surface area (Å²) in [5, 5.41) is 3.60. The van der Waals surface area contributed by atoms with Gasteiger partial charge in [0.1, 0.15) is 0 Å². The largest absolute Gasteiger partial charge is 0.385 e. The second-order valence-corrected chi connectivity index (χ2v) is 6.11. The summed E-state index contributed by atoms with van der Waals surface area (Å²) in [6, 6.07) is 13.9. The number of aryl methyl sites for hydroxylation is 3. The molecule has 0 radical (unpaired) electrons. The molecule has 0 saturated heterocycles. The third-order valence-corrected chi connectivity index (χ3v) is 4.72. The molecule has 0 aromatic heterocycles. The first-order valence-electron chi connectivity index (χ1n) is 7.85. The van der Waals surface area contributed by atoms with Gasteiger partial charge in [0.05, 0.1) is 0 Å². The Balaban J connectivity index is 1.66. The van der Waals surface area contributed by atoms with Gasteiger partial charge in [-0.3, -0.25) is 0 Å². The van der Waals surface area contributed by atoms with Crippen molar-refractivity contribution in [1.82, 2.24) is 0 Å². The van der Waals surface area contributed by atoms with Gasteiger partial charge in [-0.25, -0.2) is 0 Å². The van der Waals surface area contributed by atoms with E-state index in [1.807, 2.05) is 0 Å². The first kappa shape index (κ1) is 12.0. The van der Waals surface area contributed by atoms with Crippen molar-refractivity contribution in [1.29, 1.82) is 0 Å². The number of hydrogen-bond acceptors (Lipinski definition) is 1. The monoisotopic (exact) mass is 263 g/mol. The Hall–Kier alpha value is -1.76. The zero-order valence-corrected chi connectivity index (χ0v) is 11.9. The summed E-state index contributed by atoms with van der Waals surface area (Å²) in [6.07, 6.45) is 7.42. The van der Waals surface area contributed by atoms with E-state index < -0.39 is 0 Å². The zero-order valence-electron chi connectivity index (χ0n) is 11.9. The lowest BCUT2D eigenvalue weighted by Crippen LogP contribution is -2.13. The average Bonchev–Trinajstić information content (AvgIpc) is 2.95. The highest BCUT2D eigenvalue weighted by molar-refractivity contribution is 5.60. The molecule has 1 heteroatoms. The van der Waals surface area contributed by atoms with E-state index >= 15 is 0 Å². The van der Waals surface area contributed by atoms with Crippen LogP contribution in [0.2, 0.25) is 0 Å². The Bertz CT molecular complexity index is 642. The summed E-state index contributed by atoms with van der Waals surface area (Å²) >= 11 is 0. The molecule has 1 heterocycles. The van der Waals surface area contributed by atoms with Crippen LogP contribution in [0.25, 0.3) is 0 Å². The molecule has 1 nitrogen and oxygen atoms in total. The number of rotatable bonds is 2. The molecule has 1 aliphatic carbocycles. The first-order valence-corrected chi connectivity index (χ1v) is 7.85. The van der Waals surface area contributed by atoms with Gasteiger partial charge in [0.15, 0.2) is 0 Å². The third kappa shape index (κ3) is 2.11. The lowest BCUT2D eigenvalue weighted by atomic mass is 9.94. The molecule has 20 heavy (non-hydrogen) atoms. The van der Waals surface area contributed by atoms with E-state index in [0.29, 0.717) is 0 Å². The topological polar surface area (TPSA) is 12.0 Å². The Morgan fingerprint density at radius 3 is 2.75 bits per heavy atom. The van der Waals surface area contributed by atoms with Crippen LogP contribution < -0.4 is 5.32 Å². The summed E-state index contributed by atoms with van der Waals surface area (Å²) in [5.41, 5.74) is 8.97. The van der Waals surface area contributed by atoms with Crippen molar-refractivity contribution < 1.29 is 0 Å². The van der Waals surface area contributed by atoms with Gasteiger partial charge in [0.25, 0.3) is 0 Å². The standard InChI is InChI=1S/C19H21N/c1-4-15-10-9-14(12-17(15)6-1)13-18-7-2-5-16-8-3-11-20-19(16)18/h2,5,7,9-10,12,20H,1,3-4,6,8,11,13H2. The maximum atomic E-state index is 3.60. The summed E-state index contributed by atoms with van der Waals surface area (Å²) in [4.78, 5) is 0. The van der Waals surface area contributed by atoms with Crippen LogP contribution in [0.1, 0.15) is 40.7 Å². The van der Waals surface area contributed by atoms with Gasteiger partial charge in [0, 0.05) is 12.2 Å². The van der Waals surface area contributed by atoms with Crippen LogP contribution in [0.3, 0.4) is 0 Å². The summed E-state index contributed by atoms with van der Waals surface area (Å²) in [5.74, 6) is 0. The number of fused-ring (bicyclic) bond motifs is 2. The van der Waals surface area contributed by atoms with Gasteiger partial charge in [0.2, 0.25) is 0 Å². The lowest BCUT2D eigenvalue weighted by Gasteiger charge is -2.21. The molecular weight excluding hydrogens is 242 g/mol. The quantitative estimate of drug-likeness (QED) is 0.859. The Labute approximate surface area is 121 Å². The van der Waals surface area contributed by atoms with Crippen LogP contribution >= 0.6 is 0 Å². The maximum absolute atomic E-state index is 3.60. The fraction of sp³-hybridized carbons (Fsp3) is 0.368. The molecule has 4 rings (SSSR count). The molecule has 2 aromatic carbocycles. The van der Waals surface area contributed by atoms with E-state index in [1.165, 1.54) is 54.5 Å². The molecule has 0 bridgehead atoms. The van der Waals surface area contributed by atoms with Gasteiger partial charge >= 0.3 is 0 Å². The van der Waals surface area contributed by atoms with Crippen LogP contribution in [0.5, 0.6) is 0 Å². The molecule has 0 fully saturated rings. The zero-order chi connectivity index (χ0) is 13.4. The number of para-hydroxylation sites is 1. The van der Waals surface area contributed by atoms with Crippen LogP contribution in [0, 0.1) is 0 Å². The predicted octanol–water partition coefficient (Wildman–Crippen LogP) is 4.12. The minimum atomic E-state index is 1.06. The number of nitrogens with one attached hydrogen (secondary N) is 1. The van der Waals surface area contributed by atoms with E-state index in [-0.39, 0.29) is 0 Å². The van der Waals surface area contributed by atoms with E-state index in [2.05, 4.69) is 41.7 Å². The minimum Gasteiger partial charge on any atom is -0.385 e. The van der Waals surface area contributed by atoms with Gasteiger partial charge < -0.3 is 5.32 Å². The first-order chi connectivity index (χ1) is 9.90. The average molecular weight is 263 g/mol. The summed E-state index contributed by atoms with van der Waals surface area (Å²) in [7, 11) is 0. The Morgan fingerprint density at radius 2 is 1.75 bits per heavy atom. The fourth-order valence-electron chi connectivity index (χ4n) is 3.68. The molecule has 2 aromatic rings. The molecule has 0 amide bonds. The van der Waals surface area contributed by atoms with Crippen LogP contribution in [-0.4, -0.2) is 6.54 Å². The van der Waals surface area contributed by atoms with Crippen molar-refractivity contribution in [3.8, 4) is 0 Å². The number of hydrogen-bond donors (Lipinski definition) is 1. The van der Waals surface area contributed by atoms with Crippen molar-refractivity contribution in [2.45, 2.75) is 38.5 Å². The van der Waals surface area contributed by atoms with Crippen molar-refractivity contribution in [2.75, 3.05) is 11.9 Å². The fourth-order valence-corrected chi connectivity index (χ4v) is 3.68. The Morgan fingerprint density at radius 1 is 0.850 bits per heavy atom. The molecule has 1 N–H and O–H groups in total. The predicted molar refractivity (Wildman–Crippen MR) is 84.5 cm³/mol. The maximum Gasteiger partial charge on any atom is 0.0408 e. The second kappa shape index (κ2) is 4.97. The van der Waals surface area contributed by atoms with Gasteiger partial charge in [-0.05, 0) is 66.3 Å². The van der Waals surface area contributed by atoms with Crippen LogP contribution in [0.15, 0.2) is 36.4 Å². The van der Waals surface area contributed by atoms with Crippen molar-refractivity contribution >= 4 is 5.69 Å². The molecule has 2 aliphatic rings. The van der Waals surface area contributed by atoms with Crippen molar-refractivity contribution in [3.05, 3.63) is 64.2 Å². The van der Waals surface area contributed by atoms with Crippen LogP contribution in [0.4, 0.5) is 5.69 Å². The molecule has 0 unspecified atom stereocenters. The van der Waals surface area contributed by atoms with Gasteiger partial charge in [-0.1, -0.05) is 36.4 Å². The normalized spacial score (nSPS) is 16.4. The van der Waals surface area contributed by atoms with Gasteiger partial charge in [-0.15, -0.1) is 0 Å². The van der Waals surface area contributed by atoms with Crippen molar-refractivity contribution in [3.63, 3.8) is 0 Å². The van der Waals surface area contributed by atoms with E-state index in [9.17, 15) is 0 Å². The minimum absolute atomic E-state index is 1.06. The summed E-state index contributed by atoms with van der Waals surface area (Å²) < 4.78 is 0. The highest BCUT2D eigenvalue weighted by atomic mass is 14.9. The van der Waals surface area contributed by atoms with E-state index in [0.717, 1.165) is 13.0 Å². The number of anilines is 1. The summed E-state index contributed by atoms with van der Waals surface area (Å²) in [6.45, 7) is 1.12. The van der Waals surface area contributed by atoms with E-state index in [4.69, 9.17) is 0 Å². The molecule has 1 aliphatic heterocycles. The molecular formula is C19H21N. The van der Waals surface area contributed by atoms with E-state index in [1.54, 1.807) is 11.1 Å². The molecule has 0 saturated carbocycles. The molecule has 0 spiro atoms. The lowest BCUT2D eigenvalue weighted by molar-refractivity contribution is 0.825. The van der Waals surface area contributed by atoms with Crippen molar-refractivity contribution in [2.24, 2.45) is 0 Å².